The van der Waals surface area contributed by atoms with Crippen LogP contribution >= 0.6 is 0 Å². The number of aryl methyl sites for hydroxylation is 1. The normalized spacial score (nSPS) is 12.2. The lowest BCUT2D eigenvalue weighted by atomic mass is 10.1. The smallest absolute Gasteiger partial charge is 0.251 e. The van der Waals surface area contributed by atoms with E-state index >= 15 is 0 Å². The van der Waals surface area contributed by atoms with Crippen LogP contribution in [0.4, 0.5) is 19.0 Å². The summed E-state index contributed by atoms with van der Waals surface area (Å²) < 4.78 is 39.2. The quantitative estimate of drug-likeness (QED) is 0.839. The molecule has 1 unspecified atom stereocenters. The average Bonchev–Trinajstić information content (AvgIpc) is 2.44. The van der Waals surface area contributed by atoms with E-state index in [0.717, 1.165) is 12.8 Å². The lowest BCUT2D eigenvalue weighted by Gasteiger charge is -2.15. The highest BCUT2D eigenvalue weighted by molar-refractivity contribution is 5.37. The van der Waals surface area contributed by atoms with Crippen LogP contribution in [-0.4, -0.2) is 11.0 Å². The van der Waals surface area contributed by atoms with Gasteiger partial charge in [-0.25, -0.2) is 8.78 Å². The third-order valence-electron chi connectivity index (χ3n) is 2.98. The fraction of sp³-hybridized carbons (Fsp3) is 0.267. The Labute approximate surface area is 115 Å². The van der Waals surface area contributed by atoms with Crippen molar-refractivity contribution in [1.29, 1.82) is 0 Å². The summed E-state index contributed by atoms with van der Waals surface area (Å²) in [5.41, 5.74) is 1.17. The minimum Gasteiger partial charge on any atom is -0.365 e. The Morgan fingerprint density at radius 2 is 1.80 bits per heavy atom. The maximum Gasteiger partial charge on any atom is 0.251 e. The van der Waals surface area contributed by atoms with Gasteiger partial charge in [-0.2, -0.15) is 9.37 Å². The van der Waals surface area contributed by atoms with Crippen molar-refractivity contribution in [3.8, 4) is 0 Å². The molecular formula is C15H15F3N2. The molecule has 1 atom stereocenters. The molecule has 5 heteroatoms. The number of nitrogens with one attached hydrogen (secondary N) is 1. The standard InChI is InChI=1S/C15H15F3N2/c1-10(7-8-11-5-3-2-4-6-11)19-15-13(17)9-12(16)14(18)20-15/h2-6,9-10H,7-8H2,1H3,(H,19,20). The predicted molar refractivity (Wildman–Crippen MR) is 72.0 cm³/mol. The molecule has 0 saturated carbocycles. The minimum absolute atomic E-state index is 0.109. The van der Waals surface area contributed by atoms with Crippen LogP contribution in [0.3, 0.4) is 0 Å². The van der Waals surface area contributed by atoms with E-state index in [1.165, 1.54) is 5.56 Å². The van der Waals surface area contributed by atoms with E-state index in [1.807, 2.05) is 37.3 Å². The molecule has 106 valence electrons. The van der Waals surface area contributed by atoms with Gasteiger partial charge in [0.1, 0.15) is 0 Å². The Hall–Kier alpha value is -2.04. The lowest BCUT2D eigenvalue weighted by Crippen LogP contribution is -2.18. The number of nitrogens with zero attached hydrogens (tertiary/aromatic N) is 1. The lowest BCUT2D eigenvalue weighted by molar-refractivity contribution is 0.465. The van der Waals surface area contributed by atoms with Crippen LogP contribution in [0.2, 0.25) is 0 Å². The number of hydrogen-bond acceptors (Lipinski definition) is 2. The summed E-state index contributed by atoms with van der Waals surface area (Å²) in [6.07, 6.45) is 1.53. The SMILES string of the molecule is CC(CCc1ccccc1)Nc1nc(F)c(F)cc1F. The number of rotatable bonds is 5. The molecule has 0 radical (unpaired) electrons. The summed E-state index contributed by atoms with van der Waals surface area (Å²) in [4.78, 5) is 3.24. The Bertz CT molecular complexity index is 573. The molecule has 2 aromatic rings. The maximum atomic E-state index is 13.4. The molecule has 0 fully saturated rings. The van der Waals surface area contributed by atoms with Gasteiger partial charge in [0, 0.05) is 12.1 Å². The van der Waals surface area contributed by atoms with Crippen molar-refractivity contribution in [2.45, 2.75) is 25.8 Å². The first-order chi connectivity index (χ1) is 9.56. The Balaban J connectivity index is 1.95. The summed E-state index contributed by atoms with van der Waals surface area (Å²) >= 11 is 0. The van der Waals surface area contributed by atoms with Crippen LogP contribution < -0.4 is 5.32 Å². The number of halogens is 3. The molecule has 0 aliphatic rings. The zero-order chi connectivity index (χ0) is 14.5. The first-order valence-corrected chi connectivity index (χ1v) is 6.38. The third kappa shape index (κ3) is 3.73. The van der Waals surface area contributed by atoms with Crippen molar-refractivity contribution < 1.29 is 13.2 Å². The molecule has 20 heavy (non-hydrogen) atoms. The molecule has 2 nitrogen and oxygen atoms in total. The molecule has 0 spiro atoms. The largest absolute Gasteiger partial charge is 0.365 e. The van der Waals surface area contributed by atoms with Gasteiger partial charge in [-0.3, -0.25) is 0 Å². The van der Waals surface area contributed by atoms with E-state index in [1.54, 1.807) is 0 Å². The fourth-order valence-electron chi connectivity index (χ4n) is 1.88. The Kier molecular flexibility index (Phi) is 4.61. The molecule has 1 aromatic carbocycles. The van der Waals surface area contributed by atoms with Crippen LogP contribution in [0.15, 0.2) is 36.4 Å². The molecule has 0 aliphatic carbocycles. The van der Waals surface area contributed by atoms with Crippen LogP contribution in [0.25, 0.3) is 0 Å². The van der Waals surface area contributed by atoms with Gasteiger partial charge < -0.3 is 5.32 Å². The molecule has 0 aliphatic heterocycles. The highest BCUT2D eigenvalue weighted by Gasteiger charge is 2.13. The van der Waals surface area contributed by atoms with Gasteiger partial charge in [-0.1, -0.05) is 30.3 Å². The number of pyridine rings is 1. The zero-order valence-corrected chi connectivity index (χ0v) is 11.0. The van der Waals surface area contributed by atoms with Crippen molar-refractivity contribution in [3.05, 3.63) is 59.5 Å². The van der Waals surface area contributed by atoms with E-state index in [4.69, 9.17) is 0 Å². The van der Waals surface area contributed by atoms with Gasteiger partial charge in [0.2, 0.25) is 0 Å². The summed E-state index contributed by atoms with van der Waals surface area (Å²) in [7, 11) is 0. The molecule has 0 bridgehead atoms. The maximum absolute atomic E-state index is 13.4. The topological polar surface area (TPSA) is 24.9 Å². The van der Waals surface area contributed by atoms with Crippen molar-refractivity contribution in [3.63, 3.8) is 0 Å². The monoisotopic (exact) mass is 280 g/mol. The van der Waals surface area contributed by atoms with E-state index in [9.17, 15) is 13.2 Å². The molecule has 2 rings (SSSR count). The average molecular weight is 280 g/mol. The van der Waals surface area contributed by atoms with Crippen molar-refractivity contribution in [1.82, 2.24) is 4.98 Å². The minimum atomic E-state index is -1.30. The molecule has 1 N–H and O–H groups in total. The highest BCUT2D eigenvalue weighted by Crippen LogP contribution is 2.16. The summed E-state index contributed by atoms with van der Waals surface area (Å²) in [5.74, 6) is -3.74. The van der Waals surface area contributed by atoms with Crippen molar-refractivity contribution in [2.24, 2.45) is 0 Å². The Morgan fingerprint density at radius 3 is 2.50 bits per heavy atom. The summed E-state index contributed by atoms with van der Waals surface area (Å²) in [5, 5.41) is 2.76. The van der Waals surface area contributed by atoms with Crippen LogP contribution in [-0.2, 0) is 6.42 Å². The summed E-state index contributed by atoms with van der Waals surface area (Å²) in [6.45, 7) is 1.84. The second kappa shape index (κ2) is 6.41. The van der Waals surface area contributed by atoms with E-state index < -0.39 is 17.6 Å². The second-order valence-electron chi connectivity index (χ2n) is 4.66. The van der Waals surface area contributed by atoms with Crippen LogP contribution in [0, 0.1) is 17.6 Å². The van der Waals surface area contributed by atoms with Crippen LogP contribution in [0.5, 0.6) is 0 Å². The number of aromatic nitrogens is 1. The van der Waals surface area contributed by atoms with Crippen molar-refractivity contribution >= 4 is 5.82 Å². The fourth-order valence-corrected chi connectivity index (χ4v) is 1.88. The molecule has 1 aromatic heterocycles. The van der Waals surface area contributed by atoms with Crippen molar-refractivity contribution in [2.75, 3.05) is 5.32 Å². The van der Waals surface area contributed by atoms with Gasteiger partial charge in [-0.05, 0) is 25.3 Å². The van der Waals surface area contributed by atoms with E-state index in [2.05, 4.69) is 10.3 Å². The number of hydrogen-bond donors (Lipinski definition) is 1. The first kappa shape index (κ1) is 14.4. The highest BCUT2D eigenvalue weighted by atomic mass is 19.2. The first-order valence-electron chi connectivity index (χ1n) is 6.38. The van der Waals surface area contributed by atoms with Gasteiger partial charge >= 0.3 is 0 Å². The van der Waals surface area contributed by atoms with E-state index in [0.29, 0.717) is 6.07 Å². The third-order valence-corrected chi connectivity index (χ3v) is 2.98. The van der Waals surface area contributed by atoms with Gasteiger partial charge in [0.05, 0.1) is 0 Å². The van der Waals surface area contributed by atoms with Crippen LogP contribution in [0.1, 0.15) is 18.9 Å². The van der Waals surface area contributed by atoms with Gasteiger partial charge in [0.15, 0.2) is 17.5 Å². The second-order valence-corrected chi connectivity index (χ2v) is 4.66. The zero-order valence-electron chi connectivity index (χ0n) is 11.0. The molecule has 1 heterocycles. The number of benzene rings is 1. The predicted octanol–water partition coefficient (Wildman–Crippen LogP) is 3.93. The molecule has 0 saturated heterocycles. The van der Waals surface area contributed by atoms with E-state index in [-0.39, 0.29) is 11.9 Å². The van der Waals surface area contributed by atoms with Gasteiger partial charge in [-0.15, -0.1) is 0 Å². The Morgan fingerprint density at radius 1 is 1.10 bits per heavy atom. The molecular weight excluding hydrogens is 265 g/mol. The molecule has 0 amide bonds. The van der Waals surface area contributed by atoms with Gasteiger partial charge in [0.25, 0.3) is 5.95 Å². The summed E-state index contributed by atoms with van der Waals surface area (Å²) in [6, 6.07) is 10.2. The number of anilines is 1.